The molecule has 1 atom stereocenters. The quantitative estimate of drug-likeness (QED) is 0.736. The highest BCUT2D eigenvalue weighted by Crippen LogP contribution is 2.41. The van der Waals surface area contributed by atoms with E-state index in [9.17, 15) is 5.26 Å². The molecule has 0 aromatic heterocycles. The summed E-state index contributed by atoms with van der Waals surface area (Å²) in [6, 6.07) is 2.40. The first-order valence-corrected chi connectivity index (χ1v) is 6.08. The molecule has 1 aliphatic rings. The van der Waals surface area contributed by atoms with Gasteiger partial charge in [0.1, 0.15) is 5.54 Å². The van der Waals surface area contributed by atoms with Crippen LogP contribution < -0.4 is 5.32 Å². The van der Waals surface area contributed by atoms with Crippen LogP contribution in [-0.4, -0.2) is 35.3 Å². The van der Waals surface area contributed by atoms with Crippen molar-refractivity contribution in [2.45, 2.75) is 25.8 Å². The molecule has 1 heterocycles. The van der Waals surface area contributed by atoms with Crippen LogP contribution in [0.3, 0.4) is 0 Å². The lowest BCUT2D eigenvalue weighted by molar-refractivity contribution is 0.169. The highest BCUT2D eigenvalue weighted by atomic mass is 32.2. The van der Waals surface area contributed by atoms with Crippen LogP contribution in [0, 0.1) is 16.7 Å². The van der Waals surface area contributed by atoms with Crippen LogP contribution in [-0.2, 0) is 0 Å². The Labute approximate surface area is 89.9 Å². The van der Waals surface area contributed by atoms with E-state index >= 15 is 0 Å². The molecule has 1 aliphatic heterocycles. The molecule has 80 valence electrons. The van der Waals surface area contributed by atoms with Crippen molar-refractivity contribution in [3.8, 4) is 6.07 Å². The van der Waals surface area contributed by atoms with Crippen LogP contribution in [0.2, 0.25) is 0 Å². The first-order valence-electron chi connectivity index (χ1n) is 4.93. The minimum atomic E-state index is -0.474. The van der Waals surface area contributed by atoms with Crippen molar-refractivity contribution < 1.29 is 5.11 Å². The van der Waals surface area contributed by atoms with Crippen molar-refractivity contribution in [3.63, 3.8) is 0 Å². The van der Waals surface area contributed by atoms with E-state index in [0.29, 0.717) is 6.54 Å². The van der Waals surface area contributed by atoms with Crippen LogP contribution in [0.1, 0.15) is 20.3 Å². The predicted molar refractivity (Wildman–Crippen MR) is 59.2 cm³/mol. The zero-order chi connectivity index (χ0) is 10.7. The molecular formula is C10H18N2OS. The molecule has 0 spiro atoms. The molecule has 0 saturated carbocycles. The molecule has 14 heavy (non-hydrogen) atoms. The third-order valence-electron chi connectivity index (χ3n) is 3.07. The minimum absolute atomic E-state index is 0.0117. The molecule has 1 rings (SSSR count). The lowest BCUT2D eigenvalue weighted by Crippen LogP contribution is -2.59. The van der Waals surface area contributed by atoms with Crippen LogP contribution >= 0.6 is 11.8 Å². The second-order valence-electron chi connectivity index (χ2n) is 4.35. The summed E-state index contributed by atoms with van der Waals surface area (Å²) in [4.78, 5) is 0. The number of rotatable bonds is 3. The number of aliphatic hydroxyl groups is 1. The van der Waals surface area contributed by atoms with Gasteiger partial charge in [0.2, 0.25) is 0 Å². The molecule has 0 aliphatic carbocycles. The molecule has 0 amide bonds. The Kier molecular flexibility index (Phi) is 3.82. The van der Waals surface area contributed by atoms with Gasteiger partial charge in [0, 0.05) is 12.3 Å². The zero-order valence-corrected chi connectivity index (χ0v) is 9.65. The van der Waals surface area contributed by atoms with Gasteiger partial charge in [0.25, 0.3) is 0 Å². The summed E-state index contributed by atoms with van der Waals surface area (Å²) in [7, 11) is 0. The average Bonchev–Trinajstić information content (AvgIpc) is 2.16. The van der Waals surface area contributed by atoms with Crippen molar-refractivity contribution in [3.05, 3.63) is 0 Å². The standard InChI is InChI=1S/C10H18N2OS/c1-9(2)3-6-14-8-10(9,7-11)12-4-5-13/h12-13H,3-6,8H2,1-2H3. The predicted octanol–water partition coefficient (Wildman–Crippen LogP) is 0.994. The lowest BCUT2D eigenvalue weighted by atomic mass is 9.71. The fraction of sp³-hybridized carbons (Fsp3) is 0.900. The minimum Gasteiger partial charge on any atom is -0.395 e. The van der Waals surface area contributed by atoms with Crippen LogP contribution in [0.4, 0.5) is 0 Å². The van der Waals surface area contributed by atoms with E-state index in [-0.39, 0.29) is 12.0 Å². The maximum absolute atomic E-state index is 9.30. The van der Waals surface area contributed by atoms with E-state index < -0.39 is 5.54 Å². The molecule has 0 aromatic rings. The summed E-state index contributed by atoms with van der Waals surface area (Å²) in [5, 5.41) is 21.3. The molecule has 1 unspecified atom stereocenters. The van der Waals surface area contributed by atoms with Gasteiger partial charge in [-0.25, -0.2) is 0 Å². The smallest absolute Gasteiger partial charge is 0.121 e. The lowest BCUT2D eigenvalue weighted by Gasteiger charge is -2.45. The molecular weight excluding hydrogens is 196 g/mol. The van der Waals surface area contributed by atoms with E-state index in [0.717, 1.165) is 17.9 Å². The number of nitrogens with zero attached hydrogens (tertiary/aromatic N) is 1. The van der Waals surface area contributed by atoms with Gasteiger partial charge in [0.15, 0.2) is 0 Å². The van der Waals surface area contributed by atoms with Crippen molar-refractivity contribution in [2.24, 2.45) is 5.41 Å². The van der Waals surface area contributed by atoms with Crippen molar-refractivity contribution in [2.75, 3.05) is 24.7 Å². The molecule has 1 fully saturated rings. The largest absolute Gasteiger partial charge is 0.395 e. The third kappa shape index (κ3) is 2.05. The number of hydrogen-bond donors (Lipinski definition) is 2. The van der Waals surface area contributed by atoms with Crippen LogP contribution in [0.15, 0.2) is 0 Å². The van der Waals surface area contributed by atoms with E-state index in [4.69, 9.17) is 5.11 Å². The fourth-order valence-corrected chi connectivity index (χ4v) is 3.41. The number of hydrogen-bond acceptors (Lipinski definition) is 4. The summed E-state index contributed by atoms with van der Waals surface area (Å²) in [5.41, 5.74) is -0.485. The highest BCUT2D eigenvalue weighted by Gasteiger charge is 2.47. The highest BCUT2D eigenvalue weighted by molar-refractivity contribution is 7.99. The maximum atomic E-state index is 9.30. The van der Waals surface area contributed by atoms with Crippen LogP contribution in [0.5, 0.6) is 0 Å². The van der Waals surface area contributed by atoms with Crippen molar-refractivity contribution in [1.82, 2.24) is 5.32 Å². The molecule has 1 saturated heterocycles. The zero-order valence-electron chi connectivity index (χ0n) is 8.84. The first kappa shape index (κ1) is 11.8. The van der Waals surface area contributed by atoms with E-state index in [1.165, 1.54) is 0 Å². The van der Waals surface area contributed by atoms with E-state index in [2.05, 4.69) is 25.2 Å². The number of aliphatic hydroxyl groups excluding tert-OH is 1. The SMILES string of the molecule is CC1(C)CCSCC1(C#N)NCCO. The van der Waals surface area contributed by atoms with Crippen LogP contribution in [0.25, 0.3) is 0 Å². The summed E-state index contributed by atoms with van der Waals surface area (Å²) in [5.74, 6) is 1.94. The summed E-state index contributed by atoms with van der Waals surface area (Å²) in [6.45, 7) is 4.84. The second-order valence-corrected chi connectivity index (χ2v) is 5.46. The van der Waals surface area contributed by atoms with E-state index in [1.807, 2.05) is 11.8 Å². The third-order valence-corrected chi connectivity index (χ3v) is 4.20. The summed E-state index contributed by atoms with van der Waals surface area (Å²) < 4.78 is 0. The second kappa shape index (κ2) is 4.52. The summed E-state index contributed by atoms with van der Waals surface area (Å²) >= 11 is 1.81. The summed E-state index contributed by atoms with van der Waals surface area (Å²) in [6.07, 6.45) is 1.05. The normalized spacial score (nSPS) is 31.0. The van der Waals surface area contributed by atoms with Crippen molar-refractivity contribution in [1.29, 1.82) is 5.26 Å². The van der Waals surface area contributed by atoms with Gasteiger partial charge < -0.3 is 5.11 Å². The molecule has 2 N–H and O–H groups in total. The maximum Gasteiger partial charge on any atom is 0.121 e. The Morgan fingerprint density at radius 1 is 1.57 bits per heavy atom. The number of nitriles is 1. The molecule has 3 nitrogen and oxygen atoms in total. The number of nitrogens with one attached hydrogen (secondary N) is 1. The number of β-amino-alcohol motifs (C(OH)–C–C–N with tert-alkyl or cyclic N) is 1. The van der Waals surface area contributed by atoms with Gasteiger partial charge in [-0.1, -0.05) is 13.8 Å². The first-order chi connectivity index (χ1) is 6.58. The van der Waals surface area contributed by atoms with E-state index in [1.54, 1.807) is 0 Å². The Hall–Kier alpha value is -0.240. The van der Waals surface area contributed by atoms with Crippen molar-refractivity contribution >= 4 is 11.8 Å². The van der Waals surface area contributed by atoms with Gasteiger partial charge >= 0.3 is 0 Å². The molecule has 0 radical (unpaired) electrons. The Bertz CT molecular complexity index is 237. The van der Waals surface area contributed by atoms with Gasteiger partial charge in [-0.2, -0.15) is 17.0 Å². The topological polar surface area (TPSA) is 56.0 Å². The molecule has 0 aromatic carbocycles. The van der Waals surface area contributed by atoms with Gasteiger partial charge in [0.05, 0.1) is 12.7 Å². The number of thioether (sulfide) groups is 1. The Morgan fingerprint density at radius 3 is 2.79 bits per heavy atom. The Morgan fingerprint density at radius 2 is 2.29 bits per heavy atom. The molecule has 4 heteroatoms. The van der Waals surface area contributed by atoms with Gasteiger partial charge in [-0.05, 0) is 17.6 Å². The fourth-order valence-electron chi connectivity index (χ4n) is 1.74. The molecule has 0 bridgehead atoms. The van der Waals surface area contributed by atoms with Gasteiger partial charge in [-0.15, -0.1) is 0 Å². The average molecular weight is 214 g/mol. The Balaban J connectivity index is 2.79. The monoisotopic (exact) mass is 214 g/mol. The van der Waals surface area contributed by atoms with Gasteiger partial charge in [-0.3, -0.25) is 5.32 Å².